The Labute approximate surface area is 127 Å². The minimum atomic E-state index is 0.553. The summed E-state index contributed by atoms with van der Waals surface area (Å²) in [7, 11) is 0. The van der Waals surface area contributed by atoms with Crippen LogP contribution < -0.4 is 0 Å². The number of rotatable bonds is 3. The van der Waals surface area contributed by atoms with Crippen molar-refractivity contribution < 1.29 is 0 Å². The van der Waals surface area contributed by atoms with E-state index in [0.717, 1.165) is 12.4 Å². The largest absolute Gasteiger partial charge is 0.303 e. The number of hydrogen-bond acceptors (Lipinski definition) is 2. The molecule has 0 saturated carbocycles. The highest BCUT2D eigenvalue weighted by atomic mass is 15.2. The lowest BCUT2D eigenvalue weighted by Crippen LogP contribution is -2.33. The Morgan fingerprint density at radius 3 is 2.48 bits per heavy atom. The van der Waals surface area contributed by atoms with Gasteiger partial charge in [0.05, 0.1) is 0 Å². The third kappa shape index (κ3) is 2.75. The molecule has 3 heterocycles. The number of nitrogens with zero attached hydrogens (tertiary/aromatic N) is 3. The zero-order valence-corrected chi connectivity index (χ0v) is 13.3. The van der Waals surface area contributed by atoms with Gasteiger partial charge in [0.1, 0.15) is 5.82 Å². The fourth-order valence-corrected chi connectivity index (χ4v) is 3.50. The molecule has 112 valence electrons. The summed E-state index contributed by atoms with van der Waals surface area (Å²) in [5.41, 5.74) is 3.84. The molecule has 0 N–H and O–H groups in total. The molecule has 1 fully saturated rings. The molecule has 0 aromatic carbocycles. The van der Waals surface area contributed by atoms with Crippen molar-refractivity contribution in [2.45, 2.75) is 46.1 Å². The van der Waals surface area contributed by atoms with Crippen LogP contribution in [0.2, 0.25) is 0 Å². The molecule has 1 atom stereocenters. The summed E-state index contributed by atoms with van der Waals surface area (Å²) in [5, 5.41) is 0. The molecule has 0 bridgehead atoms. The minimum Gasteiger partial charge on any atom is -0.303 e. The number of hydrogen-bond donors (Lipinski definition) is 0. The summed E-state index contributed by atoms with van der Waals surface area (Å²) in [4.78, 5) is 7.30. The number of likely N-dealkylation sites (tertiary alicyclic amines) is 1. The fraction of sp³-hybridized carbons (Fsp3) is 0.500. The van der Waals surface area contributed by atoms with Crippen LogP contribution in [-0.2, 0) is 0 Å². The molecule has 1 aliphatic rings. The van der Waals surface area contributed by atoms with Crippen LogP contribution in [0.3, 0.4) is 0 Å². The van der Waals surface area contributed by atoms with Gasteiger partial charge in [0.15, 0.2) is 0 Å². The van der Waals surface area contributed by atoms with Crippen LogP contribution in [0.4, 0.5) is 0 Å². The van der Waals surface area contributed by atoms with E-state index in [1.807, 2.05) is 0 Å². The molecule has 1 aliphatic heterocycles. The monoisotopic (exact) mass is 283 g/mol. The fourth-order valence-electron chi connectivity index (χ4n) is 3.50. The minimum absolute atomic E-state index is 0.553. The van der Waals surface area contributed by atoms with Gasteiger partial charge in [-0.1, -0.05) is 19.4 Å². The average molecular weight is 283 g/mol. The second-order valence-electron chi connectivity index (χ2n) is 6.04. The summed E-state index contributed by atoms with van der Waals surface area (Å²) in [6.45, 7) is 8.86. The molecule has 0 spiro atoms. The van der Waals surface area contributed by atoms with Gasteiger partial charge in [-0.25, -0.2) is 4.98 Å². The van der Waals surface area contributed by atoms with E-state index in [2.05, 4.69) is 60.7 Å². The zero-order valence-electron chi connectivity index (χ0n) is 13.3. The maximum atomic E-state index is 4.72. The van der Waals surface area contributed by atoms with Gasteiger partial charge < -0.3 is 4.57 Å². The van der Waals surface area contributed by atoms with Gasteiger partial charge in [0, 0.05) is 23.6 Å². The van der Waals surface area contributed by atoms with Crippen LogP contribution >= 0.6 is 0 Å². The second-order valence-corrected chi connectivity index (χ2v) is 6.04. The molecule has 0 amide bonds. The molecule has 3 rings (SSSR count). The van der Waals surface area contributed by atoms with Crippen LogP contribution in [-0.4, -0.2) is 27.5 Å². The first kappa shape index (κ1) is 14.3. The van der Waals surface area contributed by atoms with Crippen molar-refractivity contribution in [1.82, 2.24) is 14.5 Å². The van der Waals surface area contributed by atoms with E-state index >= 15 is 0 Å². The van der Waals surface area contributed by atoms with Crippen molar-refractivity contribution in [3.05, 3.63) is 47.4 Å². The molecular weight excluding hydrogens is 258 g/mol. The zero-order chi connectivity index (χ0) is 14.8. The van der Waals surface area contributed by atoms with Crippen LogP contribution in [0.1, 0.15) is 49.2 Å². The Balaban J connectivity index is 1.87. The molecule has 21 heavy (non-hydrogen) atoms. The standard InChI is InChI=1S/C18H25N3/c1-4-20-12-6-5-7-17(20)16-10-11-18(19-13-16)21-14(2)8-9-15(21)3/h8-11,13,17H,4-7,12H2,1-3H3/t17-/m1/s1. The molecule has 0 unspecified atom stereocenters. The Hall–Kier alpha value is -1.61. The van der Waals surface area contributed by atoms with E-state index in [9.17, 15) is 0 Å². The highest BCUT2D eigenvalue weighted by molar-refractivity contribution is 5.33. The first-order valence-electron chi connectivity index (χ1n) is 8.06. The van der Waals surface area contributed by atoms with Gasteiger partial charge in [-0.05, 0) is 63.5 Å². The van der Waals surface area contributed by atoms with Crippen molar-refractivity contribution in [3.63, 3.8) is 0 Å². The maximum absolute atomic E-state index is 4.72. The van der Waals surface area contributed by atoms with Crippen molar-refractivity contribution in [2.75, 3.05) is 13.1 Å². The van der Waals surface area contributed by atoms with Crippen molar-refractivity contribution in [1.29, 1.82) is 0 Å². The van der Waals surface area contributed by atoms with Gasteiger partial charge in [0.2, 0.25) is 0 Å². The highest BCUT2D eigenvalue weighted by Crippen LogP contribution is 2.30. The lowest BCUT2D eigenvalue weighted by Gasteiger charge is -2.35. The Morgan fingerprint density at radius 2 is 1.86 bits per heavy atom. The van der Waals surface area contributed by atoms with E-state index in [0.29, 0.717) is 6.04 Å². The highest BCUT2D eigenvalue weighted by Gasteiger charge is 2.22. The smallest absolute Gasteiger partial charge is 0.136 e. The molecular formula is C18H25N3. The van der Waals surface area contributed by atoms with E-state index < -0.39 is 0 Å². The van der Waals surface area contributed by atoms with Crippen LogP contribution in [0, 0.1) is 13.8 Å². The molecule has 2 aromatic heterocycles. The van der Waals surface area contributed by atoms with E-state index in [1.54, 1.807) is 0 Å². The topological polar surface area (TPSA) is 21.1 Å². The van der Waals surface area contributed by atoms with Crippen LogP contribution in [0.25, 0.3) is 5.82 Å². The average Bonchev–Trinajstić information content (AvgIpc) is 2.86. The molecule has 2 aromatic rings. The molecule has 1 saturated heterocycles. The van der Waals surface area contributed by atoms with Crippen molar-refractivity contribution >= 4 is 0 Å². The van der Waals surface area contributed by atoms with Gasteiger partial charge in [-0.2, -0.15) is 0 Å². The molecule has 0 radical (unpaired) electrons. The first-order chi connectivity index (χ1) is 10.2. The van der Waals surface area contributed by atoms with E-state index in [4.69, 9.17) is 4.98 Å². The van der Waals surface area contributed by atoms with Crippen molar-refractivity contribution in [3.8, 4) is 5.82 Å². The molecule has 3 heteroatoms. The normalized spacial score (nSPS) is 19.9. The molecule has 0 aliphatic carbocycles. The van der Waals surface area contributed by atoms with Gasteiger partial charge >= 0.3 is 0 Å². The van der Waals surface area contributed by atoms with Gasteiger partial charge in [-0.15, -0.1) is 0 Å². The Morgan fingerprint density at radius 1 is 1.10 bits per heavy atom. The Bertz CT molecular complexity index is 578. The first-order valence-corrected chi connectivity index (χ1v) is 8.06. The summed E-state index contributed by atoms with van der Waals surface area (Å²) in [6, 6.07) is 9.27. The number of piperidine rings is 1. The lowest BCUT2D eigenvalue weighted by molar-refractivity contribution is 0.157. The summed E-state index contributed by atoms with van der Waals surface area (Å²) >= 11 is 0. The molecule has 3 nitrogen and oxygen atoms in total. The predicted octanol–water partition coefficient (Wildman–Crippen LogP) is 4.04. The van der Waals surface area contributed by atoms with E-state index in [1.165, 1.54) is 42.8 Å². The van der Waals surface area contributed by atoms with Crippen LogP contribution in [0.5, 0.6) is 0 Å². The summed E-state index contributed by atoms with van der Waals surface area (Å²) in [6.07, 6.45) is 6.00. The SMILES string of the molecule is CCN1CCCC[C@@H]1c1ccc(-n2c(C)ccc2C)nc1. The number of pyridine rings is 1. The van der Waals surface area contributed by atoms with Gasteiger partial charge in [-0.3, -0.25) is 4.90 Å². The van der Waals surface area contributed by atoms with Crippen LogP contribution in [0.15, 0.2) is 30.5 Å². The van der Waals surface area contributed by atoms with Gasteiger partial charge in [0.25, 0.3) is 0 Å². The summed E-state index contributed by atoms with van der Waals surface area (Å²) in [5.74, 6) is 1.03. The van der Waals surface area contributed by atoms with Crippen molar-refractivity contribution in [2.24, 2.45) is 0 Å². The maximum Gasteiger partial charge on any atom is 0.136 e. The lowest BCUT2D eigenvalue weighted by atomic mass is 9.96. The van der Waals surface area contributed by atoms with E-state index in [-0.39, 0.29) is 0 Å². The predicted molar refractivity (Wildman–Crippen MR) is 86.9 cm³/mol. The number of aromatic nitrogens is 2. The third-order valence-corrected chi connectivity index (χ3v) is 4.68. The number of aryl methyl sites for hydroxylation is 2. The second kappa shape index (κ2) is 6.02. The summed E-state index contributed by atoms with van der Waals surface area (Å²) < 4.78 is 2.21. The quantitative estimate of drug-likeness (QED) is 0.848. The Kier molecular flexibility index (Phi) is 4.11. The third-order valence-electron chi connectivity index (χ3n) is 4.68.